The fraction of sp³-hybridized carbons (Fsp3) is 0.397. The van der Waals surface area contributed by atoms with E-state index in [0.29, 0.717) is 10.9 Å². The molecule has 9 amide bonds. The van der Waals surface area contributed by atoms with Crippen molar-refractivity contribution in [1.29, 1.82) is 0 Å². The van der Waals surface area contributed by atoms with Crippen molar-refractivity contribution in [2.75, 3.05) is 26.7 Å². The fourth-order valence-corrected chi connectivity index (χ4v) is 14.9. The highest BCUT2D eigenvalue weighted by Crippen LogP contribution is 2.50. The molecule has 7 aliphatic rings. The van der Waals surface area contributed by atoms with Crippen LogP contribution in [0.15, 0.2) is 103 Å². The molecule has 0 aliphatic carbocycles. The Hall–Kier alpha value is -11.0. The summed E-state index contributed by atoms with van der Waals surface area (Å²) in [6, 6.07) is 5.02. The summed E-state index contributed by atoms with van der Waals surface area (Å²) >= 11 is 14.3. The number of aromatic hydroxyl groups is 3. The lowest BCUT2D eigenvalue weighted by atomic mass is 9.86. The highest BCUT2D eigenvalue weighted by Gasteiger charge is 2.52. The Morgan fingerprint density at radius 1 is 0.701 bits per heavy atom. The molecule has 18 atom stereocenters. The first-order chi connectivity index (χ1) is 55.5. The summed E-state index contributed by atoms with van der Waals surface area (Å²) < 4.78 is 52.6. The van der Waals surface area contributed by atoms with E-state index in [-0.39, 0.29) is 71.4 Å². The SMILES string of the molecule is CN[C@H](CC(C)C)C(=O)N[C@H]1C(=O)N[C@@H](CC(N)=O)C(=O)NC2C(=O)N[C@H]3C(=O)N[C@H](C(=O)NC(C(=O)NCCCNC(=O)c4cc5cc(F)ccc5[nH]4)c4cc(O)cc(O)c4-c4cc3ccc4O)[C@H](O)c3ccc(c(Cl)c3)Oc3cc2cc(c3O[C@@H]2O[C@H](CO)[C@@H](O)[C@H](O)[C@H]2OC2C[C@](C)(N)[C@H](O)[C@H](C)O2)Oc2ccc(cc2Cl)[C@H]1O. The van der Waals surface area contributed by atoms with Gasteiger partial charge in [-0.3, -0.25) is 43.2 Å². The number of primary amides is 1. The monoisotopic (exact) mass is 1660 g/mol. The molecule has 2 saturated heterocycles. The molecule has 0 saturated carbocycles. The number of phenols is 3. The number of rotatable bonds is 18. The Balaban J connectivity index is 1.02. The molecule has 0 spiro atoms. The molecule has 1 aromatic heterocycles. The lowest BCUT2D eigenvalue weighted by molar-refractivity contribution is -0.333. The number of ether oxygens (including phenoxy) is 6. The van der Waals surface area contributed by atoms with Crippen molar-refractivity contribution in [3.63, 3.8) is 0 Å². The first-order valence-electron chi connectivity index (χ1n) is 37.1. The number of benzene rings is 6. The topological polar surface area (TPSA) is 567 Å². The van der Waals surface area contributed by atoms with Gasteiger partial charge in [0.05, 0.1) is 41.3 Å². The number of carbonyl (C=O) groups excluding carboxylic acids is 9. The first kappa shape index (κ1) is 85.3. The van der Waals surface area contributed by atoms with Crippen LogP contribution in [0, 0.1) is 11.7 Å². The summed E-state index contributed by atoms with van der Waals surface area (Å²) in [7, 11) is 1.47. The summed E-state index contributed by atoms with van der Waals surface area (Å²) in [5.41, 5.74) is 8.84. The molecular formula is C78H87Cl2FN12O24. The number of hydrogen-bond acceptors (Lipinski definition) is 26. The molecule has 3 unspecified atom stereocenters. The molecule has 14 rings (SSSR count). The number of amides is 9. The normalized spacial score (nSPS) is 27.0. The second-order valence-electron chi connectivity index (χ2n) is 29.7. The van der Waals surface area contributed by atoms with Crippen LogP contribution < -0.4 is 73.5 Å². The minimum atomic E-state index is -2.37. The molecule has 36 nitrogen and oxygen atoms in total. The minimum absolute atomic E-state index is 0.0106. The molecule has 117 heavy (non-hydrogen) atoms. The third kappa shape index (κ3) is 18.7. The van der Waals surface area contributed by atoms with Gasteiger partial charge in [0.25, 0.3) is 5.91 Å². The van der Waals surface area contributed by atoms with Gasteiger partial charge in [0.1, 0.15) is 107 Å². The van der Waals surface area contributed by atoms with E-state index < -0.39 is 249 Å². The van der Waals surface area contributed by atoms with Crippen LogP contribution in [0.3, 0.4) is 0 Å². The van der Waals surface area contributed by atoms with E-state index in [4.69, 9.17) is 63.1 Å². The molecule has 39 heteroatoms. The van der Waals surface area contributed by atoms with Gasteiger partial charge in [-0.25, -0.2) is 4.39 Å². The van der Waals surface area contributed by atoms with Gasteiger partial charge < -0.3 is 139 Å². The molecule has 11 bridgehead atoms. The minimum Gasteiger partial charge on any atom is -0.508 e. The van der Waals surface area contributed by atoms with Crippen LogP contribution in [-0.4, -0.2) is 210 Å². The predicted molar refractivity (Wildman–Crippen MR) is 410 cm³/mol. The maximum Gasteiger partial charge on any atom is 0.267 e. The summed E-state index contributed by atoms with van der Waals surface area (Å²) in [4.78, 5) is 136. The van der Waals surface area contributed by atoms with E-state index in [1.54, 1.807) is 0 Å². The van der Waals surface area contributed by atoms with Crippen LogP contribution >= 0.6 is 23.2 Å². The molecule has 0 radical (unpaired) electrons. The van der Waals surface area contributed by atoms with E-state index in [1.165, 1.54) is 57.3 Å². The first-order valence-corrected chi connectivity index (χ1v) is 37.8. The number of aromatic amines is 1. The average Bonchev–Trinajstić information content (AvgIpc) is 0.983. The molecule has 7 aromatic rings. The van der Waals surface area contributed by atoms with Crippen molar-refractivity contribution in [1.82, 2.24) is 52.8 Å². The second-order valence-corrected chi connectivity index (χ2v) is 30.5. The summed E-state index contributed by atoms with van der Waals surface area (Å²) in [5.74, 6) is -16.4. The number of nitrogens with one attached hydrogen (secondary N) is 10. The van der Waals surface area contributed by atoms with E-state index in [1.807, 2.05) is 13.8 Å². The zero-order valence-electron chi connectivity index (χ0n) is 63.1. The zero-order valence-corrected chi connectivity index (χ0v) is 64.6. The van der Waals surface area contributed by atoms with Crippen LogP contribution in [0.5, 0.6) is 46.0 Å². The van der Waals surface area contributed by atoms with Crippen LogP contribution in [-0.2, 0) is 52.6 Å². The number of nitrogens with two attached hydrogens (primary N) is 2. The average molecular weight is 1670 g/mol. The highest BCUT2D eigenvalue weighted by atomic mass is 35.5. The fourth-order valence-electron chi connectivity index (χ4n) is 14.4. The number of likely N-dealkylation sites (N-methyl/N-ethyl adjacent to an activating group) is 1. The maximum atomic E-state index is 16.3. The molecule has 23 N–H and O–H groups in total. The summed E-state index contributed by atoms with van der Waals surface area (Å²) in [5, 5.41) is 128. The summed E-state index contributed by atoms with van der Waals surface area (Å²) in [6.07, 6.45) is -18.8. The smallest absolute Gasteiger partial charge is 0.267 e. The molecule has 6 aromatic carbocycles. The molecular weight excluding hydrogens is 1580 g/mol. The zero-order chi connectivity index (χ0) is 84.5. The number of H-pyrrole nitrogens is 1. The van der Waals surface area contributed by atoms with Crippen molar-refractivity contribution >= 4 is 87.3 Å². The van der Waals surface area contributed by atoms with Crippen LogP contribution in [0.2, 0.25) is 10.0 Å². The van der Waals surface area contributed by atoms with Crippen molar-refractivity contribution in [2.24, 2.45) is 17.4 Å². The molecule has 624 valence electrons. The number of aromatic nitrogens is 1. The van der Waals surface area contributed by atoms with Crippen molar-refractivity contribution < 1.29 is 122 Å². The number of phenolic OH excluding ortho intramolecular Hbond substituents is 3. The Morgan fingerprint density at radius 2 is 1.34 bits per heavy atom. The van der Waals surface area contributed by atoms with E-state index >= 15 is 19.2 Å². The van der Waals surface area contributed by atoms with Gasteiger partial charge in [-0.05, 0) is 146 Å². The highest BCUT2D eigenvalue weighted by molar-refractivity contribution is 6.32. The third-order valence-corrected chi connectivity index (χ3v) is 21.1. The van der Waals surface area contributed by atoms with Crippen molar-refractivity contribution in [2.45, 2.75) is 163 Å². The quantitative estimate of drug-likeness (QED) is 0.0542. The molecule has 2 fully saturated rings. The van der Waals surface area contributed by atoms with Crippen LogP contribution in [0.25, 0.3) is 22.0 Å². The lowest BCUT2D eigenvalue weighted by Gasteiger charge is -2.47. The van der Waals surface area contributed by atoms with Gasteiger partial charge in [-0.2, -0.15) is 0 Å². The molecule has 8 heterocycles. The second kappa shape index (κ2) is 35.4. The maximum absolute atomic E-state index is 16.3. The van der Waals surface area contributed by atoms with Gasteiger partial charge in [0, 0.05) is 53.1 Å². The number of hydrogen-bond donors (Lipinski definition) is 21. The van der Waals surface area contributed by atoms with Gasteiger partial charge in [-0.1, -0.05) is 55.2 Å². The number of aliphatic hydroxyl groups is 6. The van der Waals surface area contributed by atoms with E-state index in [0.717, 1.165) is 66.7 Å². The van der Waals surface area contributed by atoms with Crippen LogP contribution in [0.4, 0.5) is 4.39 Å². The lowest BCUT2D eigenvalue weighted by Crippen LogP contribution is -2.64. The Labute approximate surface area is 675 Å². The van der Waals surface area contributed by atoms with Gasteiger partial charge in [0.15, 0.2) is 23.9 Å². The number of aliphatic hydroxyl groups excluding tert-OH is 6. The van der Waals surface area contributed by atoms with Gasteiger partial charge >= 0.3 is 0 Å². The number of fused-ring (bicyclic) bond motifs is 16. The van der Waals surface area contributed by atoms with Gasteiger partial charge in [-0.15, -0.1) is 0 Å². The van der Waals surface area contributed by atoms with E-state index in [9.17, 15) is 74.3 Å². The summed E-state index contributed by atoms with van der Waals surface area (Å²) in [6.45, 7) is 5.30. The standard InChI is InChI=1S/C78H87Cl2FN12O24/c1-30(2)17-44(84-5)70(105)92-60-62(99)33-8-13-49(41(79)20-33)113-51-23-36-24-52(66(51)117-77-67(65(102)64(101)53(29-94)115-77)116-55-28-78(4,83)68(103)31(3)112-55)114-50-14-9-34(21-42(50)80)63(100)61-76(111)91-59(72(107)86-16-6-15-85-69(104)45-22-35-18-37(81)10-11-43(35)87-45)40-25-38(95)26-48(97)56(40)39-19-32(7-12-47(39)96)57(73(108)93-61)90-74(109)58(36)89-71(106)46(27-54(82)98)88-75(60)110/h7-14,18-26,30-31,44,46,53,55,57-65,67-68,77,84,87,94-97,99-103H,6,15-17,27-29,83H2,1-5H3,(H2,82,98)(H,85,104)(H,86,107)(H,88,110)(H,89,106)(H,90,109)(H,91,111)(H,92,105)(H,93,108)/t31-,44+,46-,53+,55?,57+,58?,59?,60+,61-,62+,63+,64+,65-,67+,68+,77-,78-/m0/s1. The van der Waals surface area contributed by atoms with Gasteiger partial charge in [0.2, 0.25) is 59.3 Å². The number of carbonyl (C=O) groups is 9. The van der Waals surface area contributed by atoms with Crippen molar-refractivity contribution in [3.05, 3.63) is 153 Å². The number of halogens is 3. The van der Waals surface area contributed by atoms with Crippen molar-refractivity contribution in [3.8, 4) is 57.1 Å². The third-order valence-electron chi connectivity index (χ3n) is 20.6. The van der Waals surface area contributed by atoms with Crippen LogP contribution in [0.1, 0.15) is 122 Å². The molecule has 7 aliphatic heterocycles. The Kier molecular flexibility index (Phi) is 25.8. The predicted octanol–water partition coefficient (Wildman–Crippen LogP) is 1.58. The largest absolute Gasteiger partial charge is 0.508 e. The Bertz CT molecular complexity index is 5020. The van der Waals surface area contributed by atoms with E-state index in [2.05, 4.69) is 52.8 Å². The Morgan fingerprint density at radius 3 is 1.98 bits per heavy atom.